The van der Waals surface area contributed by atoms with E-state index in [1.807, 2.05) is 0 Å². The molecule has 106 valence electrons. The molecule has 1 atom stereocenters. The summed E-state index contributed by atoms with van der Waals surface area (Å²) in [6.45, 7) is 2.18. The lowest BCUT2D eigenvalue weighted by Crippen LogP contribution is -2.29. The summed E-state index contributed by atoms with van der Waals surface area (Å²) < 4.78 is 0.573. The number of ketones is 1. The maximum Gasteiger partial charge on any atom is 0.222 e. The molecule has 1 amide bonds. The van der Waals surface area contributed by atoms with Gasteiger partial charge < -0.3 is 10.0 Å². The van der Waals surface area contributed by atoms with E-state index in [0.29, 0.717) is 22.2 Å². The molecule has 1 aromatic rings. The molecule has 0 aliphatic carbocycles. The van der Waals surface area contributed by atoms with Gasteiger partial charge in [0.15, 0.2) is 5.78 Å². The number of thiophene rings is 1. The third-order valence-electron chi connectivity index (χ3n) is 2.72. The van der Waals surface area contributed by atoms with Crippen LogP contribution in [0.3, 0.4) is 0 Å². The zero-order chi connectivity index (χ0) is 14.4. The normalized spacial score (nSPS) is 12.2. The van der Waals surface area contributed by atoms with Gasteiger partial charge in [-0.05, 0) is 25.5 Å². The first-order chi connectivity index (χ1) is 8.90. The smallest absolute Gasteiger partial charge is 0.222 e. The molecule has 6 heteroatoms. The number of hydrogen-bond donors (Lipinski definition) is 1. The number of aliphatic hydroxyl groups is 1. The minimum atomic E-state index is -0.426. The molecule has 0 aliphatic rings. The highest BCUT2D eigenvalue weighted by Gasteiger charge is 2.14. The van der Waals surface area contributed by atoms with Gasteiger partial charge in [-0.3, -0.25) is 9.59 Å². The Labute approximate surface area is 122 Å². The summed E-state index contributed by atoms with van der Waals surface area (Å²) in [6, 6.07) is 3.35. The highest BCUT2D eigenvalue weighted by atomic mass is 35.5. The van der Waals surface area contributed by atoms with Gasteiger partial charge in [0.2, 0.25) is 5.91 Å². The molecule has 0 bridgehead atoms. The molecule has 0 fully saturated rings. The number of rotatable bonds is 7. The maximum absolute atomic E-state index is 11.8. The first-order valence-corrected chi connectivity index (χ1v) is 7.30. The average Bonchev–Trinajstić information content (AvgIpc) is 2.79. The Kier molecular flexibility index (Phi) is 6.48. The molecule has 4 nitrogen and oxygen atoms in total. The van der Waals surface area contributed by atoms with Gasteiger partial charge in [-0.25, -0.2) is 0 Å². The Morgan fingerprint density at radius 3 is 2.63 bits per heavy atom. The van der Waals surface area contributed by atoms with E-state index in [1.54, 1.807) is 31.0 Å². The molecule has 0 saturated carbocycles. The summed E-state index contributed by atoms with van der Waals surface area (Å²) in [5, 5.41) is 9.15. The summed E-state index contributed by atoms with van der Waals surface area (Å²) in [5.41, 5.74) is 0. The van der Waals surface area contributed by atoms with Gasteiger partial charge in [0.05, 0.1) is 15.3 Å². The first kappa shape index (κ1) is 16.1. The molecule has 0 saturated heterocycles. The van der Waals surface area contributed by atoms with Crippen molar-refractivity contribution in [2.75, 3.05) is 13.6 Å². The van der Waals surface area contributed by atoms with Crippen LogP contribution >= 0.6 is 22.9 Å². The Balaban J connectivity index is 2.35. The molecule has 1 aromatic heterocycles. The Bertz CT molecular complexity index is 445. The van der Waals surface area contributed by atoms with Gasteiger partial charge in [0.25, 0.3) is 0 Å². The lowest BCUT2D eigenvalue weighted by Gasteiger charge is -2.17. The van der Waals surface area contributed by atoms with E-state index in [4.69, 9.17) is 16.7 Å². The summed E-state index contributed by atoms with van der Waals surface area (Å²) in [7, 11) is 1.68. The molecule has 0 radical (unpaired) electrons. The first-order valence-electron chi connectivity index (χ1n) is 6.10. The van der Waals surface area contributed by atoms with Crippen LogP contribution in [0, 0.1) is 0 Å². The van der Waals surface area contributed by atoms with Gasteiger partial charge >= 0.3 is 0 Å². The molecular weight excluding hydrogens is 286 g/mol. The van der Waals surface area contributed by atoms with Crippen molar-refractivity contribution in [2.45, 2.75) is 32.3 Å². The van der Waals surface area contributed by atoms with Crippen molar-refractivity contribution in [3.63, 3.8) is 0 Å². The summed E-state index contributed by atoms with van der Waals surface area (Å²) in [6.07, 6.45) is 0.487. The lowest BCUT2D eigenvalue weighted by molar-refractivity contribution is -0.130. The molecule has 1 heterocycles. The predicted molar refractivity (Wildman–Crippen MR) is 76.8 cm³/mol. The lowest BCUT2D eigenvalue weighted by atomic mass is 10.1. The van der Waals surface area contributed by atoms with Crippen LogP contribution in [0.15, 0.2) is 12.1 Å². The number of halogens is 1. The molecule has 0 spiro atoms. The number of aliphatic hydroxyl groups excluding tert-OH is 1. The Morgan fingerprint density at radius 2 is 2.11 bits per heavy atom. The molecule has 1 unspecified atom stereocenters. The van der Waals surface area contributed by atoms with Crippen LogP contribution in [0.5, 0.6) is 0 Å². The molecule has 1 rings (SSSR count). The van der Waals surface area contributed by atoms with Crippen LogP contribution in [0.25, 0.3) is 0 Å². The Hall–Kier alpha value is -0.910. The van der Waals surface area contributed by atoms with Gasteiger partial charge in [0.1, 0.15) is 0 Å². The SMILES string of the molecule is CC(O)CCN(C)C(=O)CCC(=O)c1ccc(Cl)s1. The van der Waals surface area contributed by atoms with Crippen molar-refractivity contribution in [1.29, 1.82) is 0 Å². The highest BCUT2D eigenvalue weighted by Crippen LogP contribution is 2.22. The number of carbonyl (C=O) groups is 2. The maximum atomic E-state index is 11.8. The summed E-state index contributed by atoms with van der Waals surface area (Å²) >= 11 is 6.98. The number of nitrogens with zero attached hydrogens (tertiary/aromatic N) is 1. The molecular formula is C13H18ClNO3S. The fourth-order valence-electron chi connectivity index (χ4n) is 1.50. The monoisotopic (exact) mass is 303 g/mol. The molecule has 0 aliphatic heterocycles. The van der Waals surface area contributed by atoms with Crippen LogP contribution < -0.4 is 0 Å². The quantitative estimate of drug-likeness (QED) is 0.788. The number of Topliss-reactive ketones (excluding diaryl/α,β-unsaturated/α-hetero) is 1. The van der Waals surface area contributed by atoms with Crippen LogP contribution in [-0.2, 0) is 4.79 Å². The van der Waals surface area contributed by atoms with E-state index < -0.39 is 6.10 Å². The number of hydrogen-bond acceptors (Lipinski definition) is 4. The topological polar surface area (TPSA) is 57.6 Å². The van der Waals surface area contributed by atoms with Crippen molar-refractivity contribution in [3.05, 3.63) is 21.3 Å². The standard InChI is InChI=1S/C13H18ClNO3S/c1-9(16)7-8-15(2)13(18)6-3-10(17)11-4-5-12(14)19-11/h4-5,9,16H,3,6-8H2,1-2H3. The van der Waals surface area contributed by atoms with Crippen molar-refractivity contribution < 1.29 is 14.7 Å². The van der Waals surface area contributed by atoms with E-state index in [-0.39, 0.29) is 24.5 Å². The Morgan fingerprint density at radius 1 is 1.42 bits per heavy atom. The van der Waals surface area contributed by atoms with Gasteiger partial charge in [-0.1, -0.05) is 11.6 Å². The van der Waals surface area contributed by atoms with Crippen LogP contribution in [0.2, 0.25) is 4.34 Å². The number of amides is 1. The third-order valence-corrected chi connectivity index (χ3v) is 3.99. The minimum Gasteiger partial charge on any atom is -0.393 e. The average molecular weight is 304 g/mol. The molecule has 0 aromatic carbocycles. The number of carbonyl (C=O) groups excluding carboxylic acids is 2. The van der Waals surface area contributed by atoms with Crippen molar-refractivity contribution >= 4 is 34.6 Å². The molecule has 19 heavy (non-hydrogen) atoms. The van der Waals surface area contributed by atoms with E-state index in [0.717, 1.165) is 0 Å². The second kappa shape index (κ2) is 7.62. The van der Waals surface area contributed by atoms with E-state index in [9.17, 15) is 9.59 Å². The predicted octanol–water partition coefficient (Wildman–Crippen LogP) is 2.59. The van der Waals surface area contributed by atoms with Crippen LogP contribution in [0.1, 0.15) is 35.9 Å². The largest absolute Gasteiger partial charge is 0.393 e. The summed E-state index contributed by atoms with van der Waals surface area (Å²) in [4.78, 5) is 25.7. The van der Waals surface area contributed by atoms with E-state index in [1.165, 1.54) is 11.3 Å². The van der Waals surface area contributed by atoms with Crippen molar-refractivity contribution in [1.82, 2.24) is 4.90 Å². The minimum absolute atomic E-state index is 0.0609. The second-order valence-electron chi connectivity index (χ2n) is 4.48. The zero-order valence-corrected chi connectivity index (χ0v) is 12.6. The van der Waals surface area contributed by atoms with Crippen molar-refractivity contribution in [3.8, 4) is 0 Å². The summed E-state index contributed by atoms with van der Waals surface area (Å²) in [5.74, 6) is -0.147. The second-order valence-corrected chi connectivity index (χ2v) is 6.20. The fourth-order valence-corrected chi connectivity index (χ4v) is 2.51. The van der Waals surface area contributed by atoms with Crippen LogP contribution in [0.4, 0.5) is 0 Å². The highest BCUT2D eigenvalue weighted by molar-refractivity contribution is 7.18. The van der Waals surface area contributed by atoms with Gasteiger partial charge in [0, 0.05) is 26.4 Å². The fraction of sp³-hybridized carbons (Fsp3) is 0.538. The molecule has 1 N–H and O–H groups in total. The van der Waals surface area contributed by atoms with Crippen LogP contribution in [-0.4, -0.2) is 41.4 Å². The van der Waals surface area contributed by atoms with Gasteiger partial charge in [-0.2, -0.15) is 0 Å². The van der Waals surface area contributed by atoms with E-state index >= 15 is 0 Å². The van der Waals surface area contributed by atoms with Gasteiger partial charge in [-0.15, -0.1) is 11.3 Å². The third kappa shape index (κ3) is 5.72. The zero-order valence-electron chi connectivity index (χ0n) is 11.1. The van der Waals surface area contributed by atoms with Crippen molar-refractivity contribution in [2.24, 2.45) is 0 Å². The van der Waals surface area contributed by atoms with E-state index in [2.05, 4.69) is 0 Å².